The van der Waals surface area contributed by atoms with Crippen molar-refractivity contribution in [3.63, 3.8) is 0 Å². The molecular weight excluding hydrogens is 369 g/mol. The van der Waals surface area contributed by atoms with Gasteiger partial charge in [0.05, 0.1) is 11.4 Å². The number of hydrogen-bond acceptors (Lipinski definition) is 3. The molecule has 1 aromatic heterocycles. The average molecular weight is 398 g/mol. The fourth-order valence-corrected chi connectivity index (χ4v) is 4.16. The molecule has 0 spiro atoms. The molecule has 0 atom stereocenters. The van der Waals surface area contributed by atoms with Crippen molar-refractivity contribution in [1.29, 1.82) is 0 Å². The van der Waals surface area contributed by atoms with E-state index in [0.29, 0.717) is 0 Å². The minimum absolute atomic E-state index is 0.211. The summed E-state index contributed by atoms with van der Waals surface area (Å²) >= 11 is 1.63. The Morgan fingerprint density at radius 2 is 1.68 bits per heavy atom. The van der Waals surface area contributed by atoms with Crippen LogP contribution in [0.15, 0.2) is 58.9 Å². The summed E-state index contributed by atoms with van der Waals surface area (Å²) in [6.45, 7) is 10.5. The molecule has 3 nitrogen and oxygen atoms in total. The van der Waals surface area contributed by atoms with Crippen LogP contribution in [0.25, 0.3) is 11.3 Å². The number of halogens is 1. The van der Waals surface area contributed by atoms with E-state index in [-0.39, 0.29) is 5.82 Å². The van der Waals surface area contributed by atoms with E-state index < -0.39 is 0 Å². The highest BCUT2D eigenvalue weighted by molar-refractivity contribution is 7.07. The highest BCUT2D eigenvalue weighted by Crippen LogP contribution is 2.22. The van der Waals surface area contributed by atoms with Crippen LogP contribution in [-0.2, 0) is 6.54 Å². The maximum atomic E-state index is 13.4. The zero-order valence-electron chi connectivity index (χ0n) is 16.9. The summed E-state index contributed by atoms with van der Waals surface area (Å²) in [5.41, 5.74) is 4.29. The van der Waals surface area contributed by atoms with Crippen molar-refractivity contribution in [3.05, 3.63) is 70.1 Å². The first-order chi connectivity index (χ1) is 13.6. The van der Waals surface area contributed by atoms with Crippen molar-refractivity contribution in [2.45, 2.75) is 33.7 Å². The zero-order valence-corrected chi connectivity index (χ0v) is 17.7. The molecule has 2 aromatic carbocycles. The van der Waals surface area contributed by atoms with Crippen LogP contribution in [0.3, 0.4) is 0 Å². The molecule has 0 aliphatic carbocycles. The molecule has 5 heteroatoms. The quantitative estimate of drug-likeness (QED) is 0.482. The van der Waals surface area contributed by atoms with Crippen LogP contribution in [0.5, 0.6) is 0 Å². The van der Waals surface area contributed by atoms with Gasteiger partial charge in [0.15, 0.2) is 4.80 Å². The number of aromatic nitrogens is 1. The van der Waals surface area contributed by atoms with E-state index in [1.165, 1.54) is 17.7 Å². The van der Waals surface area contributed by atoms with Gasteiger partial charge in [-0.1, -0.05) is 31.5 Å². The van der Waals surface area contributed by atoms with Crippen LogP contribution >= 0.6 is 11.3 Å². The fraction of sp³-hybridized carbons (Fsp3) is 0.348. The number of thiazole rings is 1. The maximum absolute atomic E-state index is 13.4. The topological polar surface area (TPSA) is 20.5 Å². The Bertz CT molecular complexity index is 935. The number of nitrogens with zero attached hydrogens (tertiary/aromatic N) is 3. The minimum Gasteiger partial charge on any atom is -0.316 e. The second-order valence-electron chi connectivity index (χ2n) is 6.89. The first-order valence-electron chi connectivity index (χ1n) is 9.88. The third-order valence-corrected chi connectivity index (χ3v) is 5.81. The number of benzene rings is 2. The van der Waals surface area contributed by atoms with E-state index >= 15 is 0 Å². The second kappa shape index (κ2) is 9.80. The number of rotatable bonds is 8. The lowest BCUT2D eigenvalue weighted by molar-refractivity contribution is 0.293. The molecule has 0 saturated carbocycles. The predicted molar refractivity (Wildman–Crippen MR) is 117 cm³/mol. The van der Waals surface area contributed by atoms with Crippen molar-refractivity contribution in [3.8, 4) is 11.3 Å². The maximum Gasteiger partial charge on any atom is 0.190 e. The van der Waals surface area contributed by atoms with Gasteiger partial charge in [-0.3, -0.25) is 0 Å². The lowest BCUT2D eigenvalue weighted by Gasteiger charge is -2.18. The molecule has 0 N–H and O–H groups in total. The summed E-state index contributed by atoms with van der Waals surface area (Å²) in [6, 6.07) is 15.0. The molecule has 0 unspecified atom stereocenters. The first-order valence-corrected chi connectivity index (χ1v) is 10.8. The summed E-state index contributed by atoms with van der Waals surface area (Å²) in [6.07, 6.45) is 1.05. The molecule has 3 rings (SSSR count). The fourth-order valence-electron chi connectivity index (χ4n) is 3.21. The highest BCUT2D eigenvalue weighted by atomic mass is 32.1. The van der Waals surface area contributed by atoms with Crippen LogP contribution < -0.4 is 4.80 Å². The Hall–Kier alpha value is -2.24. The molecule has 0 saturated heterocycles. The lowest BCUT2D eigenvalue weighted by Crippen LogP contribution is -2.26. The Balaban J connectivity index is 1.94. The van der Waals surface area contributed by atoms with Crippen LogP contribution in [0, 0.1) is 12.7 Å². The van der Waals surface area contributed by atoms with Crippen molar-refractivity contribution in [2.24, 2.45) is 4.99 Å². The van der Waals surface area contributed by atoms with Gasteiger partial charge in [-0.25, -0.2) is 9.38 Å². The third kappa shape index (κ3) is 5.18. The van der Waals surface area contributed by atoms with E-state index in [4.69, 9.17) is 4.99 Å². The molecule has 0 bridgehead atoms. The minimum atomic E-state index is -0.211. The summed E-state index contributed by atoms with van der Waals surface area (Å²) in [5.74, 6) is -0.211. The number of hydrogen-bond donors (Lipinski definition) is 0. The Morgan fingerprint density at radius 3 is 2.32 bits per heavy atom. The monoisotopic (exact) mass is 397 g/mol. The van der Waals surface area contributed by atoms with Crippen LogP contribution in [0.1, 0.15) is 25.8 Å². The largest absolute Gasteiger partial charge is 0.316 e. The van der Waals surface area contributed by atoms with Gasteiger partial charge in [0.2, 0.25) is 0 Å². The highest BCUT2D eigenvalue weighted by Gasteiger charge is 2.09. The molecule has 0 aliphatic heterocycles. The molecule has 0 fully saturated rings. The van der Waals surface area contributed by atoms with Gasteiger partial charge in [-0.2, -0.15) is 0 Å². The lowest BCUT2D eigenvalue weighted by atomic mass is 10.1. The number of aryl methyl sites for hydroxylation is 1. The van der Waals surface area contributed by atoms with Gasteiger partial charge in [-0.15, -0.1) is 11.3 Å². The predicted octanol–water partition coefficient (Wildman–Crippen LogP) is 5.63. The molecular formula is C23H28FN3S. The molecule has 148 valence electrons. The van der Waals surface area contributed by atoms with Crippen LogP contribution in [0.4, 0.5) is 10.1 Å². The van der Waals surface area contributed by atoms with Gasteiger partial charge in [-0.05, 0) is 74.9 Å². The van der Waals surface area contributed by atoms with Gasteiger partial charge in [0.1, 0.15) is 5.82 Å². The van der Waals surface area contributed by atoms with Crippen molar-refractivity contribution in [1.82, 2.24) is 9.47 Å². The van der Waals surface area contributed by atoms with E-state index in [0.717, 1.165) is 54.3 Å². The van der Waals surface area contributed by atoms with E-state index in [2.05, 4.69) is 47.8 Å². The van der Waals surface area contributed by atoms with E-state index in [1.54, 1.807) is 11.3 Å². The van der Waals surface area contributed by atoms with E-state index in [9.17, 15) is 4.39 Å². The SMILES string of the molecule is CCN(CC)CCCn1c(-c2ccc(F)cc2)csc1=Nc1ccc(C)cc1. The molecule has 3 aromatic rings. The molecule has 0 amide bonds. The van der Waals surface area contributed by atoms with Crippen molar-refractivity contribution >= 4 is 17.0 Å². The third-order valence-electron chi connectivity index (χ3n) is 4.95. The normalized spacial score (nSPS) is 12.1. The van der Waals surface area contributed by atoms with Crippen molar-refractivity contribution < 1.29 is 4.39 Å². The van der Waals surface area contributed by atoms with E-state index in [1.807, 2.05) is 24.3 Å². The first kappa shape index (κ1) is 20.5. The van der Waals surface area contributed by atoms with Crippen LogP contribution in [-0.4, -0.2) is 29.1 Å². The van der Waals surface area contributed by atoms with Crippen LogP contribution in [0.2, 0.25) is 0 Å². The van der Waals surface area contributed by atoms with Gasteiger partial charge < -0.3 is 9.47 Å². The Labute approximate surface area is 170 Å². The molecule has 0 radical (unpaired) electrons. The molecule has 0 aliphatic rings. The summed E-state index contributed by atoms with van der Waals surface area (Å²) in [7, 11) is 0. The summed E-state index contributed by atoms with van der Waals surface area (Å²) < 4.78 is 15.6. The second-order valence-corrected chi connectivity index (χ2v) is 7.73. The zero-order chi connectivity index (χ0) is 19.9. The van der Waals surface area contributed by atoms with Crippen molar-refractivity contribution in [2.75, 3.05) is 19.6 Å². The van der Waals surface area contributed by atoms with Gasteiger partial charge in [0.25, 0.3) is 0 Å². The standard InChI is InChI=1S/C23H28FN3S/c1-4-26(5-2)15-6-16-27-22(19-9-11-20(24)12-10-19)17-28-23(27)25-21-13-7-18(3)8-14-21/h7-14,17H,4-6,15-16H2,1-3H3. The molecule has 1 heterocycles. The summed E-state index contributed by atoms with van der Waals surface area (Å²) in [4.78, 5) is 8.28. The Morgan fingerprint density at radius 1 is 1.00 bits per heavy atom. The smallest absolute Gasteiger partial charge is 0.190 e. The van der Waals surface area contributed by atoms with Gasteiger partial charge >= 0.3 is 0 Å². The molecule has 28 heavy (non-hydrogen) atoms. The Kier molecular flexibility index (Phi) is 7.18. The summed E-state index contributed by atoms with van der Waals surface area (Å²) in [5, 5.41) is 2.12. The average Bonchev–Trinajstić information content (AvgIpc) is 3.10. The van der Waals surface area contributed by atoms with Gasteiger partial charge in [0, 0.05) is 11.9 Å².